The SMILES string of the molecule is Cn1ccnc1-c1c(C(F)(F)F)nc2c(NC(=O)c3c(Cl)cccc3Cl)ccc(C=S=O)n12. The first-order valence-corrected chi connectivity index (χ1v) is 10.7. The van der Waals surface area contributed by atoms with Crippen molar-refractivity contribution in [3.8, 4) is 11.5 Å². The molecular formula is C20H12Cl2F3N5O2S. The molecule has 7 nitrogen and oxygen atoms in total. The predicted octanol–water partition coefficient (Wildman–Crippen LogP) is 4.68. The van der Waals surface area contributed by atoms with E-state index in [4.69, 9.17) is 23.2 Å². The van der Waals surface area contributed by atoms with Gasteiger partial charge in [0.1, 0.15) is 5.69 Å². The van der Waals surface area contributed by atoms with Gasteiger partial charge in [0.2, 0.25) is 0 Å². The molecule has 0 aliphatic heterocycles. The van der Waals surface area contributed by atoms with E-state index in [2.05, 4.69) is 15.3 Å². The van der Waals surface area contributed by atoms with Gasteiger partial charge in [0.15, 0.2) is 17.2 Å². The topological polar surface area (TPSA) is 81.3 Å². The molecule has 4 aromatic rings. The summed E-state index contributed by atoms with van der Waals surface area (Å²) in [5.41, 5.74) is -1.80. The van der Waals surface area contributed by atoms with E-state index in [1.165, 1.54) is 48.3 Å². The van der Waals surface area contributed by atoms with Gasteiger partial charge in [0.25, 0.3) is 5.91 Å². The monoisotopic (exact) mass is 513 g/mol. The van der Waals surface area contributed by atoms with Gasteiger partial charge in [-0.2, -0.15) is 13.2 Å². The lowest BCUT2D eigenvalue weighted by atomic mass is 10.2. The van der Waals surface area contributed by atoms with E-state index >= 15 is 0 Å². The molecule has 0 spiro atoms. The first-order chi connectivity index (χ1) is 15.6. The van der Waals surface area contributed by atoms with Crippen LogP contribution in [0.2, 0.25) is 10.0 Å². The number of anilines is 1. The highest BCUT2D eigenvalue weighted by Crippen LogP contribution is 2.38. The van der Waals surface area contributed by atoms with Crippen LogP contribution in [0.15, 0.2) is 42.7 Å². The fraction of sp³-hybridized carbons (Fsp3) is 0.100. The number of rotatable bonds is 4. The summed E-state index contributed by atoms with van der Waals surface area (Å²) in [5, 5.41) is 3.78. The van der Waals surface area contributed by atoms with E-state index in [-0.39, 0.29) is 55.4 Å². The third-order valence-electron chi connectivity index (χ3n) is 4.71. The second kappa shape index (κ2) is 8.65. The van der Waals surface area contributed by atoms with E-state index in [1.807, 2.05) is 0 Å². The molecule has 3 heterocycles. The molecule has 0 radical (unpaired) electrons. The summed E-state index contributed by atoms with van der Waals surface area (Å²) in [6.07, 6.45) is -2.03. The van der Waals surface area contributed by atoms with Crippen LogP contribution in [0.3, 0.4) is 0 Å². The minimum Gasteiger partial charge on any atom is -0.333 e. The van der Waals surface area contributed by atoms with Gasteiger partial charge in [-0.15, -0.1) is 0 Å². The Morgan fingerprint density at radius 2 is 1.88 bits per heavy atom. The number of halogens is 5. The third kappa shape index (κ3) is 4.14. The Labute approximate surface area is 197 Å². The lowest BCUT2D eigenvalue weighted by Gasteiger charge is -2.12. The Hall–Kier alpha value is -3.15. The van der Waals surface area contributed by atoms with Crippen LogP contribution in [0.25, 0.3) is 17.2 Å². The van der Waals surface area contributed by atoms with Gasteiger partial charge in [-0.25, -0.2) is 14.2 Å². The summed E-state index contributed by atoms with van der Waals surface area (Å²) in [6, 6.07) is 7.19. The average molecular weight is 514 g/mol. The minimum atomic E-state index is -4.84. The van der Waals surface area contributed by atoms with Gasteiger partial charge in [-0.05, 0) is 24.3 Å². The maximum absolute atomic E-state index is 14.0. The molecule has 0 aliphatic rings. The molecule has 170 valence electrons. The Kier molecular flexibility index (Phi) is 6.04. The van der Waals surface area contributed by atoms with Crippen LogP contribution in [-0.2, 0) is 24.5 Å². The number of aromatic nitrogens is 4. The summed E-state index contributed by atoms with van der Waals surface area (Å²) in [6.45, 7) is 0. The van der Waals surface area contributed by atoms with Crippen molar-refractivity contribution in [2.45, 2.75) is 6.18 Å². The number of nitrogens with zero attached hydrogens (tertiary/aromatic N) is 4. The molecule has 0 fully saturated rings. The highest BCUT2D eigenvalue weighted by atomic mass is 35.5. The minimum absolute atomic E-state index is 0.0296. The normalized spacial score (nSPS) is 11.6. The highest BCUT2D eigenvalue weighted by molar-refractivity contribution is 7.65. The fourth-order valence-corrected chi connectivity index (χ4v) is 4.16. The van der Waals surface area contributed by atoms with Gasteiger partial charge in [-0.1, -0.05) is 29.3 Å². The van der Waals surface area contributed by atoms with Crippen LogP contribution in [0.5, 0.6) is 0 Å². The zero-order chi connectivity index (χ0) is 23.9. The number of imidazole rings is 2. The largest absolute Gasteiger partial charge is 0.435 e. The van der Waals surface area contributed by atoms with Crippen LogP contribution in [0.1, 0.15) is 21.7 Å². The lowest BCUT2D eigenvalue weighted by molar-refractivity contribution is -0.140. The number of carbonyl (C=O) groups excluding carboxylic acids is 1. The van der Waals surface area contributed by atoms with E-state index in [0.717, 1.165) is 9.77 Å². The van der Waals surface area contributed by atoms with Crippen LogP contribution in [0, 0.1) is 0 Å². The number of hydrogen-bond donors (Lipinski definition) is 1. The first-order valence-electron chi connectivity index (χ1n) is 9.11. The number of fused-ring (bicyclic) bond motifs is 1. The zero-order valence-corrected chi connectivity index (χ0v) is 18.9. The van der Waals surface area contributed by atoms with Crippen LogP contribution in [0.4, 0.5) is 18.9 Å². The molecule has 0 saturated heterocycles. The van der Waals surface area contributed by atoms with Crippen molar-refractivity contribution in [1.29, 1.82) is 0 Å². The number of carbonyl (C=O) groups is 1. The molecule has 4 rings (SSSR count). The molecule has 33 heavy (non-hydrogen) atoms. The maximum Gasteiger partial charge on any atom is 0.435 e. The zero-order valence-electron chi connectivity index (χ0n) is 16.5. The Balaban J connectivity index is 2.00. The van der Waals surface area contributed by atoms with Gasteiger partial charge >= 0.3 is 6.18 Å². The summed E-state index contributed by atoms with van der Waals surface area (Å²) in [7, 11) is 1.53. The Morgan fingerprint density at radius 3 is 2.45 bits per heavy atom. The number of hydrogen-bond acceptors (Lipinski definition) is 4. The molecule has 1 aromatic carbocycles. The molecular weight excluding hydrogens is 502 g/mol. The number of amides is 1. The molecule has 1 amide bonds. The summed E-state index contributed by atoms with van der Waals surface area (Å²) in [4.78, 5) is 20.7. The second-order valence-corrected chi connectivity index (χ2v) is 8.01. The number of nitrogens with one attached hydrogen (secondary N) is 1. The van der Waals surface area contributed by atoms with E-state index in [0.29, 0.717) is 0 Å². The molecule has 3 aromatic heterocycles. The van der Waals surface area contributed by atoms with Crippen LogP contribution < -0.4 is 5.32 Å². The Bertz CT molecular complexity index is 1440. The fourth-order valence-electron chi connectivity index (χ4n) is 3.31. The summed E-state index contributed by atoms with van der Waals surface area (Å²) >= 11 is 12.2. The Morgan fingerprint density at radius 1 is 1.18 bits per heavy atom. The number of alkyl halides is 3. The molecule has 0 saturated carbocycles. The molecule has 0 bridgehead atoms. The smallest absolute Gasteiger partial charge is 0.333 e. The van der Waals surface area contributed by atoms with E-state index < -0.39 is 17.8 Å². The van der Waals surface area contributed by atoms with Crippen molar-refractivity contribution >= 4 is 57.1 Å². The lowest BCUT2D eigenvalue weighted by Crippen LogP contribution is -2.14. The van der Waals surface area contributed by atoms with E-state index in [1.54, 1.807) is 6.07 Å². The maximum atomic E-state index is 14.0. The summed E-state index contributed by atoms with van der Waals surface area (Å²) < 4.78 is 55.7. The highest BCUT2D eigenvalue weighted by Gasteiger charge is 2.40. The number of pyridine rings is 1. The van der Waals surface area contributed by atoms with Crippen molar-refractivity contribution in [1.82, 2.24) is 18.9 Å². The van der Waals surface area contributed by atoms with Gasteiger partial charge in [-0.3, -0.25) is 9.20 Å². The summed E-state index contributed by atoms with van der Waals surface area (Å²) in [5.74, 6) is -0.768. The van der Waals surface area contributed by atoms with Crippen molar-refractivity contribution in [3.05, 3.63) is 69.7 Å². The van der Waals surface area contributed by atoms with Crippen molar-refractivity contribution in [2.75, 3.05) is 5.32 Å². The van der Waals surface area contributed by atoms with Gasteiger partial charge < -0.3 is 9.88 Å². The third-order valence-corrected chi connectivity index (χ3v) is 5.67. The predicted molar refractivity (Wildman–Crippen MR) is 120 cm³/mol. The van der Waals surface area contributed by atoms with E-state index in [9.17, 15) is 22.2 Å². The number of benzene rings is 1. The van der Waals surface area contributed by atoms with Crippen molar-refractivity contribution in [2.24, 2.45) is 7.05 Å². The second-order valence-electron chi connectivity index (χ2n) is 6.76. The molecule has 0 atom stereocenters. The molecule has 1 N–H and O–H groups in total. The van der Waals surface area contributed by atoms with Crippen LogP contribution >= 0.6 is 23.2 Å². The standard InChI is InChI=1S/C20H12Cl2F3N5O2S/c1-29-8-7-26-18(29)15-16(20(23,24)25)28-17-13(6-5-10(9-33-32)30(15)17)27-19(31)14-11(21)3-2-4-12(14)22/h2-9H,1H3,(H,27,31). The molecule has 13 heteroatoms. The van der Waals surface area contributed by atoms with Crippen LogP contribution in [-0.4, -0.2) is 34.4 Å². The molecule has 0 unspecified atom stereocenters. The van der Waals surface area contributed by atoms with Crippen molar-refractivity contribution < 1.29 is 22.2 Å². The number of aryl methyl sites for hydroxylation is 1. The average Bonchev–Trinajstić information content (AvgIpc) is 3.33. The molecule has 0 aliphatic carbocycles. The first kappa shape index (κ1) is 23.0. The van der Waals surface area contributed by atoms with Gasteiger partial charge in [0.05, 0.1) is 43.6 Å². The van der Waals surface area contributed by atoms with Gasteiger partial charge in [0, 0.05) is 19.4 Å². The quantitative estimate of drug-likeness (QED) is 0.402. The van der Waals surface area contributed by atoms with Crippen molar-refractivity contribution in [3.63, 3.8) is 0 Å².